The molecule has 3 nitrogen and oxygen atoms in total. The van der Waals surface area contributed by atoms with E-state index in [4.69, 9.17) is 4.42 Å². The minimum Gasteiger partial charge on any atom is -0.454 e. The summed E-state index contributed by atoms with van der Waals surface area (Å²) in [4.78, 5) is 5.13. The maximum Gasteiger partial charge on any atom is 0.264 e. The molecule has 0 amide bonds. The first-order chi connectivity index (χ1) is 23.7. The summed E-state index contributed by atoms with van der Waals surface area (Å²) in [6.07, 6.45) is 4.79. The number of nitrogens with zero attached hydrogens (tertiary/aromatic N) is 2. The van der Waals surface area contributed by atoms with Gasteiger partial charge in [-0.2, -0.15) is 0 Å². The maximum absolute atomic E-state index is 6.69. The van der Waals surface area contributed by atoms with Gasteiger partial charge in [0.15, 0.2) is 5.58 Å². The Bertz CT molecular complexity index is 2630. The van der Waals surface area contributed by atoms with Gasteiger partial charge in [-0.3, -0.25) is 0 Å². The van der Waals surface area contributed by atoms with Gasteiger partial charge in [-0.1, -0.05) is 78.9 Å². The molecule has 5 heteroatoms. The predicted molar refractivity (Wildman–Crippen MR) is 205 cm³/mol. The van der Waals surface area contributed by atoms with Gasteiger partial charge in [0.25, 0.3) is 6.71 Å². The third kappa shape index (κ3) is 3.54. The van der Waals surface area contributed by atoms with Gasteiger partial charge in [-0.05, 0) is 103 Å². The Morgan fingerprint density at radius 2 is 1.33 bits per heavy atom. The summed E-state index contributed by atoms with van der Waals surface area (Å²) in [5.74, 6) is 0. The first kappa shape index (κ1) is 26.8. The molecule has 0 saturated carbocycles. The molecule has 4 heterocycles. The van der Waals surface area contributed by atoms with E-state index >= 15 is 0 Å². The van der Waals surface area contributed by atoms with Crippen molar-refractivity contribution in [2.45, 2.75) is 32.6 Å². The third-order valence-electron chi connectivity index (χ3n) is 10.9. The van der Waals surface area contributed by atoms with Crippen LogP contribution < -0.4 is 25.5 Å². The number of aryl methyl sites for hydroxylation is 2. The molecule has 0 spiro atoms. The van der Waals surface area contributed by atoms with Crippen molar-refractivity contribution >= 4 is 99.9 Å². The number of rotatable bonds is 2. The fraction of sp³-hybridized carbons (Fsp3) is 0.116. The lowest BCUT2D eigenvalue weighted by Gasteiger charge is -2.44. The van der Waals surface area contributed by atoms with Crippen molar-refractivity contribution in [3.05, 3.63) is 138 Å². The molecule has 48 heavy (non-hydrogen) atoms. The van der Waals surface area contributed by atoms with Crippen LogP contribution in [0.2, 0.25) is 0 Å². The topological polar surface area (TPSA) is 19.6 Å². The molecule has 0 bridgehead atoms. The van der Waals surface area contributed by atoms with E-state index in [0.717, 1.165) is 40.5 Å². The van der Waals surface area contributed by atoms with Gasteiger partial charge >= 0.3 is 0 Å². The normalized spacial score (nSPS) is 14.7. The molecule has 228 valence electrons. The third-order valence-corrected chi connectivity index (χ3v) is 12.1. The van der Waals surface area contributed by atoms with Gasteiger partial charge < -0.3 is 14.2 Å². The second kappa shape index (κ2) is 9.88. The predicted octanol–water partition coefficient (Wildman–Crippen LogP) is 10.1. The summed E-state index contributed by atoms with van der Waals surface area (Å²) in [5.41, 5.74) is 16.3. The van der Waals surface area contributed by atoms with Crippen LogP contribution in [0.25, 0.3) is 32.0 Å². The van der Waals surface area contributed by atoms with Crippen LogP contribution in [0.5, 0.6) is 0 Å². The Balaban J connectivity index is 1.26. The van der Waals surface area contributed by atoms with Crippen LogP contribution in [-0.2, 0) is 12.8 Å². The lowest BCUT2D eigenvalue weighted by atomic mass is 9.36. The summed E-state index contributed by atoms with van der Waals surface area (Å²) >= 11 is 1.97. The van der Waals surface area contributed by atoms with E-state index in [1.54, 1.807) is 0 Å². The van der Waals surface area contributed by atoms with Crippen LogP contribution in [0.15, 0.2) is 126 Å². The lowest BCUT2D eigenvalue weighted by Crippen LogP contribution is -2.60. The van der Waals surface area contributed by atoms with Gasteiger partial charge in [-0.25, -0.2) is 0 Å². The summed E-state index contributed by atoms with van der Waals surface area (Å²) in [7, 11) is 0. The van der Waals surface area contributed by atoms with Crippen LogP contribution >= 0.6 is 11.3 Å². The molecule has 0 unspecified atom stereocenters. The van der Waals surface area contributed by atoms with E-state index in [2.05, 4.69) is 138 Å². The average molecular weight is 635 g/mol. The monoisotopic (exact) mass is 634 g/mol. The van der Waals surface area contributed by atoms with Crippen molar-refractivity contribution < 1.29 is 4.42 Å². The average Bonchev–Trinajstić information content (AvgIpc) is 3.70. The number of benzene rings is 6. The van der Waals surface area contributed by atoms with Gasteiger partial charge in [0.1, 0.15) is 5.58 Å². The largest absolute Gasteiger partial charge is 0.454 e. The van der Waals surface area contributed by atoms with Crippen LogP contribution in [0.4, 0.5) is 34.1 Å². The van der Waals surface area contributed by atoms with Gasteiger partial charge in [0, 0.05) is 48.4 Å². The summed E-state index contributed by atoms with van der Waals surface area (Å²) < 4.78 is 9.46. The zero-order valence-corrected chi connectivity index (χ0v) is 27.5. The second-order valence-corrected chi connectivity index (χ2v) is 14.6. The van der Waals surface area contributed by atoms with Gasteiger partial charge in [0.05, 0.1) is 11.4 Å². The number of fused-ring (bicyclic) bond motifs is 10. The SMILES string of the molecule is Cc1cc2c3c(c1)N(c1cccc4c1oc1ccccc14)c1ccccc1B3c1sc3ccccc3c1N2c1cccc2c1CCCC2. The zero-order valence-electron chi connectivity index (χ0n) is 26.7. The van der Waals surface area contributed by atoms with Crippen molar-refractivity contribution in [3.8, 4) is 0 Å². The Kier molecular flexibility index (Phi) is 5.51. The van der Waals surface area contributed by atoms with Crippen LogP contribution in [-0.4, -0.2) is 6.71 Å². The van der Waals surface area contributed by atoms with Gasteiger partial charge in [0.2, 0.25) is 0 Å². The summed E-state index contributed by atoms with van der Waals surface area (Å²) in [6, 6.07) is 44.9. The smallest absolute Gasteiger partial charge is 0.264 e. The molecule has 0 N–H and O–H groups in total. The highest BCUT2D eigenvalue weighted by Crippen LogP contribution is 2.50. The van der Waals surface area contributed by atoms with E-state index in [-0.39, 0.29) is 6.71 Å². The molecule has 0 fully saturated rings. The Morgan fingerprint density at radius 3 is 2.27 bits per heavy atom. The first-order valence-corrected chi connectivity index (χ1v) is 17.9. The molecular weight excluding hydrogens is 603 g/mol. The molecule has 2 aromatic heterocycles. The molecule has 3 aliphatic rings. The van der Waals surface area contributed by atoms with E-state index < -0.39 is 0 Å². The number of hydrogen-bond donors (Lipinski definition) is 0. The van der Waals surface area contributed by atoms with E-state index in [1.807, 2.05) is 11.3 Å². The molecule has 11 rings (SSSR count). The van der Waals surface area contributed by atoms with E-state index in [0.29, 0.717) is 0 Å². The highest BCUT2D eigenvalue weighted by atomic mass is 32.1. The van der Waals surface area contributed by atoms with Crippen LogP contribution in [0, 0.1) is 6.92 Å². The van der Waals surface area contributed by atoms with Crippen molar-refractivity contribution in [1.82, 2.24) is 0 Å². The highest BCUT2D eigenvalue weighted by molar-refractivity contribution is 7.33. The molecule has 2 aliphatic heterocycles. The van der Waals surface area contributed by atoms with Crippen LogP contribution in [0.1, 0.15) is 29.5 Å². The summed E-state index contributed by atoms with van der Waals surface area (Å²) in [5, 5.41) is 3.64. The number of thiophene rings is 1. The molecule has 8 aromatic rings. The molecule has 6 aromatic carbocycles. The Morgan fingerprint density at radius 1 is 0.625 bits per heavy atom. The Hall–Kier alpha value is -5.26. The minimum atomic E-state index is 0.126. The molecule has 1 aliphatic carbocycles. The highest BCUT2D eigenvalue weighted by Gasteiger charge is 2.45. The first-order valence-electron chi connectivity index (χ1n) is 17.1. The van der Waals surface area contributed by atoms with Crippen molar-refractivity contribution in [3.63, 3.8) is 0 Å². The minimum absolute atomic E-state index is 0.126. The molecular formula is C43H31BN2OS. The molecule has 0 saturated heterocycles. The van der Waals surface area contributed by atoms with E-state index in [9.17, 15) is 0 Å². The number of furan rings is 1. The van der Waals surface area contributed by atoms with Gasteiger partial charge in [-0.15, -0.1) is 11.3 Å². The van der Waals surface area contributed by atoms with Crippen molar-refractivity contribution in [1.29, 1.82) is 0 Å². The maximum atomic E-state index is 6.69. The second-order valence-electron chi connectivity index (χ2n) is 13.6. The standard InChI is InChI=1S/C43H31BN2OS/c1-26-24-36-40-37(25-26)46(33-20-10-13-27-12-2-3-14-28(27)33)41-31-16-5-9-23-39(31)48-43(41)44(40)32-18-6-7-19-34(32)45(36)35-21-11-17-30-29-15-4-8-22-38(29)47-42(30)35/h4-11,13,15-25H,2-3,12,14H2,1H3. The van der Waals surface area contributed by atoms with Crippen LogP contribution in [0.3, 0.4) is 0 Å². The number of hydrogen-bond acceptors (Lipinski definition) is 4. The fourth-order valence-electron chi connectivity index (χ4n) is 8.90. The zero-order chi connectivity index (χ0) is 31.5. The van der Waals surface area contributed by atoms with E-state index in [1.165, 1.54) is 83.8 Å². The Labute approximate surface area is 283 Å². The number of anilines is 6. The fourth-order valence-corrected chi connectivity index (χ4v) is 10.2. The van der Waals surface area contributed by atoms with Crippen molar-refractivity contribution in [2.24, 2.45) is 0 Å². The number of para-hydroxylation sites is 3. The van der Waals surface area contributed by atoms with Crippen molar-refractivity contribution in [2.75, 3.05) is 9.80 Å². The molecule has 0 atom stereocenters. The lowest BCUT2D eigenvalue weighted by molar-refractivity contribution is 0.669. The molecule has 0 radical (unpaired) electrons. The summed E-state index contributed by atoms with van der Waals surface area (Å²) in [6.45, 7) is 2.38. The quantitative estimate of drug-likeness (QED) is 0.177.